The molecule has 0 aliphatic heterocycles. The Balaban J connectivity index is 2.87. The summed E-state index contributed by atoms with van der Waals surface area (Å²) < 4.78 is 5.65. The molecule has 0 atom stereocenters. The summed E-state index contributed by atoms with van der Waals surface area (Å²) in [5, 5.41) is 0. The lowest BCUT2D eigenvalue weighted by Gasteiger charge is -2.13. The van der Waals surface area contributed by atoms with Crippen molar-refractivity contribution in [2.45, 2.75) is 53.9 Å². The van der Waals surface area contributed by atoms with Crippen LogP contribution >= 0.6 is 0 Å². The first-order valence-corrected chi connectivity index (χ1v) is 7.68. The van der Waals surface area contributed by atoms with Crippen molar-refractivity contribution in [3.8, 4) is 5.75 Å². The minimum Gasteiger partial charge on any atom is -0.486 e. The highest BCUT2D eigenvalue weighted by molar-refractivity contribution is 5.79. The maximum absolute atomic E-state index is 11.4. The summed E-state index contributed by atoms with van der Waals surface area (Å²) in [4.78, 5) is 11.4. The van der Waals surface area contributed by atoms with E-state index in [0.717, 1.165) is 18.6 Å². The van der Waals surface area contributed by atoms with Crippen LogP contribution in [0.2, 0.25) is 0 Å². The molecule has 1 aromatic rings. The van der Waals surface area contributed by atoms with E-state index >= 15 is 0 Å². The van der Waals surface area contributed by atoms with Crippen molar-refractivity contribution >= 4 is 5.78 Å². The smallest absolute Gasteiger partial charge is 0.169 e. The minimum absolute atomic E-state index is 0.143. The number of Topliss-reactive ketones (excluding diaryl/α,β-unsaturated/α-hetero) is 1. The molecule has 2 nitrogen and oxygen atoms in total. The van der Waals surface area contributed by atoms with Gasteiger partial charge in [0.15, 0.2) is 5.78 Å². The van der Waals surface area contributed by atoms with Crippen LogP contribution in [0.4, 0.5) is 0 Å². The molecule has 0 saturated carbocycles. The zero-order chi connectivity index (χ0) is 15.1. The summed E-state index contributed by atoms with van der Waals surface area (Å²) >= 11 is 0. The number of hydrogen-bond donors (Lipinski definition) is 0. The van der Waals surface area contributed by atoms with Gasteiger partial charge in [-0.05, 0) is 47.9 Å². The average molecular weight is 276 g/mol. The molecule has 1 aromatic carbocycles. The van der Waals surface area contributed by atoms with E-state index in [9.17, 15) is 4.79 Å². The molecule has 1 rings (SSSR count). The zero-order valence-electron chi connectivity index (χ0n) is 13.5. The van der Waals surface area contributed by atoms with Crippen molar-refractivity contribution < 1.29 is 9.53 Å². The first-order valence-electron chi connectivity index (χ1n) is 7.68. The molecule has 0 heterocycles. The van der Waals surface area contributed by atoms with E-state index in [1.165, 1.54) is 11.1 Å². The molecule has 0 bridgehead atoms. The summed E-state index contributed by atoms with van der Waals surface area (Å²) in [5.41, 5.74) is 2.61. The van der Waals surface area contributed by atoms with Gasteiger partial charge in [-0.3, -0.25) is 4.79 Å². The van der Waals surface area contributed by atoms with Gasteiger partial charge in [0, 0.05) is 6.42 Å². The van der Waals surface area contributed by atoms with E-state index in [4.69, 9.17) is 4.74 Å². The van der Waals surface area contributed by atoms with Crippen LogP contribution in [0.15, 0.2) is 18.2 Å². The minimum atomic E-state index is 0.143. The Morgan fingerprint density at radius 1 is 1.00 bits per heavy atom. The van der Waals surface area contributed by atoms with Gasteiger partial charge in [0.1, 0.15) is 12.4 Å². The van der Waals surface area contributed by atoms with Crippen LogP contribution in [0.3, 0.4) is 0 Å². The Hall–Kier alpha value is -1.31. The van der Waals surface area contributed by atoms with Gasteiger partial charge in [-0.1, -0.05) is 40.7 Å². The molecule has 0 aliphatic rings. The van der Waals surface area contributed by atoms with Crippen molar-refractivity contribution in [3.63, 3.8) is 0 Å². The Kier molecular flexibility index (Phi) is 6.77. The maximum Gasteiger partial charge on any atom is 0.169 e. The fourth-order valence-electron chi connectivity index (χ4n) is 2.26. The normalized spacial score (nSPS) is 11.2. The second kappa shape index (κ2) is 8.08. The van der Waals surface area contributed by atoms with Gasteiger partial charge in [0.2, 0.25) is 0 Å². The fourth-order valence-corrected chi connectivity index (χ4v) is 2.26. The zero-order valence-corrected chi connectivity index (χ0v) is 13.5. The molecule has 112 valence electrons. The summed E-state index contributed by atoms with van der Waals surface area (Å²) in [6.45, 7) is 10.9. The molecule has 0 N–H and O–H groups in total. The molecule has 20 heavy (non-hydrogen) atoms. The van der Waals surface area contributed by atoms with Crippen LogP contribution in [-0.4, -0.2) is 12.4 Å². The van der Waals surface area contributed by atoms with Crippen molar-refractivity contribution in [1.82, 2.24) is 0 Å². The number of benzene rings is 1. The lowest BCUT2D eigenvalue weighted by molar-refractivity contribution is -0.120. The van der Waals surface area contributed by atoms with Gasteiger partial charge in [-0.25, -0.2) is 0 Å². The van der Waals surface area contributed by atoms with Crippen LogP contribution in [0.5, 0.6) is 5.75 Å². The van der Waals surface area contributed by atoms with Crippen molar-refractivity contribution in [1.29, 1.82) is 0 Å². The standard InChI is InChI=1S/C18H28O2/c1-6-17(19)12-20-18-10-15(7-13(2)3)9-16(11-18)8-14(4)5/h9-11,13-14H,6-8,12H2,1-5H3. The van der Waals surface area contributed by atoms with Crippen LogP contribution < -0.4 is 4.74 Å². The molecular formula is C18H28O2. The summed E-state index contributed by atoms with van der Waals surface area (Å²) in [6, 6.07) is 6.42. The highest BCUT2D eigenvalue weighted by Gasteiger charge is 2.07. The number of ketones is 1. The lowest BCUT2D eigenvalue weighted by Crippen LogP contribution is -2.10. The van der Waals surface area contributed by atoms with Crippen molar-refractivity contribution in [2.24, 2.45) is 11.8 Å². The van der Waals surface area contributed by atoms with Gasteiger partial charge in [0.25, 0.3) is 0 Å². The third-order valence-electron chi connectivity index (χ3n) is 3.11. The second-order valence-corrected chi connectivity index (χ2v) is 6.36. The van der Waals surface area contributed by atoms with E-state index in [1.54, 1.807) is 0 Å². The highest BCUT2D eigenvalue weighted by Crippen LogP contribution is 2.22. The van der Waals surface area contributed by atoms with Crippen LogP contribution in [0, 0.1) is 11.8 Å². The maximum atomic E-state index is 11.4. The molecule has 0 aliphatic carbocycles. The topological polar surface area (TPSA) is 26.3 Å². The Labute approximate surface area is 123 Å². The molecule has 0 saturated heterocycles. The summed E-state index contributed by atoms with van der Waals surface area (Å²) in [5.74, 6) is 2.22. The van der Waals surface area contributed by atoms with E-state index in [0.29, 0.717) is 18.3 Å². The molecule has 0 spiro atoms. The van der Waals surface area contributed by atoms with Crippen LogP contribution in [0.1, 0.15) is 52.2 Å². The van der Waals surface area contributed by atoms with E-state index in [-0.39, 0.29) is 12.4 Å². The van der Waals surface area contributed by atoms with Crippen LogP contribution in [0.25, 0.3) is 0 Å². The van der Waals surface area contributed by atoms with Crippen LogP contribution in [-0.2, 0) is 17.6 Å². The Morgan fingerprint density at radius 2 is 1.50 bits per heavy atom. The predicted octanol–water partition coefficient (Wildman–Crippen LogP) is 4.44. The van der Waals surface area contributed by atoms with E-state index < -0.39 is 0 Å². The summed E-state index contributed by atoms with van der Waals surface area (Å²) in [6.07, 6.45) is 2.62. The Bertz CT molecular complexity index is 405. The van der Waals surface area contributed by atoms with Crippen molar-refractivity contribution in [2.75, 3.05) is 6.61 Å². The lowest BCUT2D eigenvalue weighted by atomic mass is 9.96. The molecule has 0 radical (unpaired) electrons. The molecule has 0 aromatic heterocycles. The number of carbonyl (C=O) groups is 1. The molecular weight excluding hydrogens is 248 g/mol. The SMILES string of the molecule is CCC(=O)COc1cc(CC(C)C)cc(CC(C)C)c1. The number of hydrogen-bond acceptors (Lipinski definition) is 2. The summed E-state index contributed by atoms with van der Waals surface area (Å²) in [7, 11) is 0. The number of carbonyl (C=O) groups excluding carboxylic acids is 1. The van der Waals surface area contributed by atoms with Gasteiger partial charge in [-0.15, -0.1) is 0 Å². The van der Waals surface area contributed by atoms with E-state index in [1.807, 2.05) is 6.92 Å². The molecule has 0 unspecified atom stereocenters. The predicted molar refractivity (Wildman–Crippen MR) is 84.3 cm³/mol. The van der Waals surface area contributed by atoms with Gasteiger partial charge in [0.05, 0.1) is 0 Å². The van der Waals surface area contributed by atoms with Gasteiger partial charge >= 0.3 is 0 Å². The monoisotopic (exact) mass is 276 g/mol. The van der Waals surface area contributed by atoms with Gasteiger partial charge < -0.3 is 4.74 Å². The van der Waals surface area contributed by atoms with Crippen molar-refractivity contribution in [3.05, 3.63) is 29.3 Å². The Morgan fingerprint density at radius 3 is 1.90 bits per heavy atom. The first-order chi connectivity index (χ1) is 9.40. The first kappa shape index (κ1) is 16.7. The van der Waals surface area contributed by atoms with Gasteiger partial charge in [-0.2, -0.15) is 0 Å². The third kappa shape index (κ3) is 6.23. The molecule has 0 amide bonds. The molecule has 0 fully saturated rings. The number of rotatable bonds is 8. The molecule has 2 heteroatoms. The second-order valence-electron chi connectivity index (χ2n) is 6.36. The fraction of sp³-hybridized carbons (Fsp3) is 0.611. The third-order valence-corrected chi connectivity index (χ3v) is 3.11. The number of ether oxygens (including phenoxy) is 1. The highest BCUT2D eigenvalue weighted by atomic mass is 16.5. The largest absolute Gasteiger partial charge is 0.486 e. The average Bonchev–Trinajstić information content (AvgIpc) is 2.34. The quantitative estimate of drug-likeness (QED) is 0.701. The van der Waals surface area contributed by atoms with E-state index in [2.05, 4.69) is 45.9 Å².